The van der Waals surface area contributed by atoms with E-state index in [-0.39, 0.29) is 12.0 Å². The summed E-state index contributed by atoms with van der Waals surface area (Å²) in [4.78, 5) is 17.8. The van der Waals surface area contributed by atoms with Gasteiger partial charge < -0.3 is 14.5 Å². The van der Waals surface area contributed by atoms with Crippen LogP contribution in [0, 0.1) is 6.92 Å². The van der Waals surface area contributed by atoms with Crippen molar-refractivity contribution < 1.29 is 13.9 Å². The normalized spacial score (nSPS) is 15.3. The van der Waals surface area contributed by atoms with Crippen molar-refractivity contribution in [3.63, 3.8) is 0 Å². The van der Waals surface area contributed by atoms with Gasteiger partial charge >= 0.3 is 0 Å². The Bertz CT molecular complexity index is 1190. The lowest BCUT2D eigenvalue weighted by atomic mass is 10.1. The molecule has 29 heavy (non-hydrogen) atoms. The number of rotatable bonds is 4. The second-order valence-electron chi connectivity index (χ2n) is 7.20. The van der Waals surface area contributed by atoms with Crippen molar-refractivity contribution in [1.29, 1.82) is 0 Å². The number of nitrogens with one attached hydrogen (secondary N) is 1. The van der Waals surface area contributed by atoms with Gasteiger partial charge in [-0.2, -0.15) is 5.10 Å². The second-order valence-corrected chi connectivity index (χ2v) is 7.20. The Labute approximate surface area is 167 Å². The highest BCUT2D eigenvalue weighted by Crippen LogP contribution is 2.29. The van der Waals surface area contributed by atoms with Gasteiger partial charge in [-0.3, -0.25) is 9.48 Å². The van der Waals surface area contributed by atoms with Gasteiger partial charge in [0.25, 0.3) is 5.91 Å². The van der Waals surface area contributed by atoms with Gasteiger partial charge in [0.1, 0.15) is 17.5 Å². The molecule has 0 spiro atoms. The van der Waals surface area contributed by atoms with Crippen LogP contribution in [0.2, 0.25) is 0 Å². The SMILES string of the molecule is Cc1nn(C)c2nc(-c3ccco3)cc(C(=O)NCC3Cc4ccccc4O3)c12. The molecule has 0 radical (unpaired) electrons. The van der Waals surface area contributed by atoms with Crippen molar-refractivity contribution >= 4 is 16.9 Å². The van der Waals surface area contributed by atoms with Gasteiger partial charge in [0.2, 0.25) is 0 Å². The molecule has 1 N–H and O–H groups in total. The van der Waals surface area contributed by atoms with Crippen molar-refractivity contribution in [2.24, 2.45) is 7.05 Å². The Morgan fingerprint density at radius 1 is 1.28 bits per heavy atom. The lowest BCUT2D eigenvalue weighted by Gasteiger charge is -2.13. The van der Waals surface area contributed by atoms with Crippen LogP contribution < -0.4 is 10.1 Å². The van der Waals surface area contributed by atoms with Crippen LogP contribution in [0.4, 0.5) is 0 Å². The predicted octanol–water partition coefficient (Wildman–Crippen LogP) is 3.27. The molecule has 1 atom stereocenters. The molecular formula is C22H20N4O3. The largest absolute Gasteiger partial charge is 0.488 e. The molecule has 0 bridgehead atoms. The van der Waals surface area contributed by atoms with E-state index in [1.807, 2.05) is 38.2 Å². The number of ether oxygens (including phenoxy) is 1. The maximum absolute atomic E-state index is 13.1. The van der Waals surface area contributed by atoms with Gasteiger partial charge in [0.15, 0.2) is 11.4 Å². The molecule has 1 amide bonds. The van der Waals surface area contributed by atoms with Crippen molar-refractivity contribution in [1.82, 2.24) is 20.1 Å². The van der Waals surface area contributed by atoms with Gasteiger partial charge in [-0.05, 0) is 36.8 Å². The fourth-order valence-electron chi connectivity index (χ4n) is 3.84. The fourth-order valence-corrected chi connectivity index (χ4v) is 3.84. The number of aryl methyl sites for hydroxylation is 2. The highest BCUT2D eigenvalue weighted by atomic mass is 16.5. The molecule has 4 aromatic rings. The summed E-state index contributed by atoms with van der Waals surface area (Å²) in [5.74, 6) is 1.32. The van der Waals surface area contributed by atoms with E-state index < -0.39 is 0 Å². The van der Waals surface area contributed by atoms with E-state index in [2.05, 4.69) is 21.5 Å². The van der Waals surface area contributed by atoms with Crippen LogP contribution >= 0.6 is 0 Å². The molecule has 146 valence electrons. The zero-order chi connectivity index (χ0) is 20.0. The number of fused-ring (bicyclic) bond motifs is 2. The summed E-state index contributed by atoms with van der Waals surface area (Å²) < 4.78 is 13.1. The molecule has 1 aromatic carbocycles. The summed E-state index contributed by atoms with van der Waals surface area (Å²) >= 11 is 0. The third-order valence-electron chi connectivity index (χ3n) is 5.19. The van der Waals surface area contributed by atoms with Crippen LogP contribution in [0.15, 0.2) is 53.1 Å². The number of aromatic nitrogens is 3. The summed E-state index contributed by atoms with van der Waals surface area (Å²) in [6.07, 6.45) is 2.30. The minimum absolute atomic E-state index is 0.0757. The number of benzene rings is 1. The van der Waals surface area contributed by atoms with Gasteiger partial charge in [0, 0.05) is 13.5 Å². The highest BCUT2D eigenvalue weighted by Gasteiger charge is 2.24. The summed E-state index contributed by atoms with van der Waals surface area (Å²) in [6, 6.07) is 13.3. The van der Waals surface area contributed by atoms with E-state index in [1.165, 1.54) is 5.56 Å². The first kappa shape index (κ1) is 17.5. The molecule has 0 saturated heterocycles. The van der Waals surface area contributed by atoms with Crippen LogP contribution in [0.25, 0.3) is 22.5 Å². The average molecular weight is 388 g/mol. The molecule has 7 heteroatoms. The maximum Gasteiger partial charge on any atom is 0.252 e. The lowest BCUT2D eigenvalue weighted by Crippen LogP contribution is -2.34. The molecule has 0 saturated carbocycles. The smallest absolute Gasteiger partial charge is 0.252 e. The number of carbonyl (C=O) groups is 1. The first-order valence-corrected chi connectivity index (χ1v) is 9.51. The fraction of sp³-hybridized carbons (Fsp3) is 0.227. The molecule has 1 aliphatic rings. The number of pyridine rings is 1. The monoisotopic (exact) mass is 388 g/mol. The number of furan rings is 1. The van der Waals surface area contributed by atoms with Crippen molar-refractivity contribution in [2.75, 3.05) is 6.54 Å². The number of hydrogen-bond donors (Lipinski definition) is 1. The standard InChI is InChI=1S/C22H20N4O3/c1-13-20-16(11-17(19-8-5-9-28-19)24-21(20)26(2)25-13)22(27)23-12-15-10-14-6-3-4-7-18(14)29-15/h3-9,11,15H,10,12H2,1-2H3,(H,23,27). The quantitative estimate of drug-likeness (QED) is 0.580. The molecule has 3 aromatic heterocycles. The Kier molecular flexibility index (Phi) is 4.08. The minimum atomic E-state index is -0.180. The topological polar surface area (TPSA) is 82.2 Å². The van der Waals surface area contributed by atoms with Crippen LogP contribution in [-0.4, -0.2) is 33.3 Å². The van der Waals surface area contributed by atoms with Gasteiger partial charge in [0.05, 0.1) is 29.5 Å². The Morgan fingerprint density at radius 3 is 2.93 bits per heavy atom. The van der Waals surface area contributed by atoms with E-state index in [0.29, 0.717) is 29.2 Å². The summed E-state index contributed by atoms with van der Waals surface area (Å²) in [7, 11) is 1.82. The van der Waals surface area contributed by atoms with Crippen LogP contribution in [0.3, 0.4) is 0 Å². The lowest BCUT2D eigenvalue weighted by molar-refractivity contribution is 0.0935. The Balaban J connectivity index is 1.44. The first-order chi connectivity index (χ1) is 14.1. The minimum Gasteiger partial charge on any atom is -0.488 e. The van der Waals surface area contributed by atoms with Crippen molar-refractivity contribution in [3.05, 3.63) is 65.5 Å². The summed E-state index contributed by atoms with van der Waals surface area (Å²) in [5.41, 5.74) is 3.70. The van der Waals surface area contributed by atoms with E-state index in [9.17, 15) is 4.79 Å². The zero-order valence-corrected chi connectivity index (χ0v) is 16.2. The Morgan fingerprint density at radius 2 is 2.14 bits per heavy atom. The third-order valence-corrected chi connectivity index (χ3v) is 5.19. The van der Waals surface area contributed by atoms with E-state index in [0.717, 1.165) is 23.3 Å². The first-order valence-electron chi connectivity index (χ1n) is 9.51. The molecule has 1 unspecified atom stereocenters. The zero-order valence-electron chi connectivity index (χ0n) is 16.2. The number of para-hydroxylation sites is 1. The number of nitrogens with zero attached hydrogens (tertiary/aromatic N) is 3. The van der Waals surface area contributed by atoms with Crippen molar-refractivity contribution in [2.45, 2.75) is 19.4 Å². The number of carbonyl (C=O) groups excluding carboxylic acids is 1. The second kappa shape index (κ2) is 6.77. The van der Waals surface area contributed by atoms with Crippen LogP contribution in [0.1, 0.15) is 21.6 Å². The van der Waals surface area contributed by atoms with E-state index >= 15 is 0 Å². The van der Waals surface area contributed by atoms with Gasteiger partial charge in [-0.15, -0.1) is 0 Å². The summed E-state index contributed by atoms with van der Waals surface area (Å²) in [5, 5.41) is 8.20. The van der Waals surface area contributed by atoms with Crippen molar-refractivity contribution in [3.8, 4) is 17.2 Å². The highest BCUT2D eigenvalue weighted by molar-refractivity contribution is 6.07. The van der Waals surface area contributed by atoms with Gasteiger partial charge in [-0.25, -0.2) is 4.98 Å². The third kappa shape index (κ3) is 3.04. The molecule has 0 aliphatic carbocycles. The summed E-state index contributed by atoms with van der Waals surface area (Å²) in [6.45, 7) is 2.30. The van der Waals surface area contributed by atoms with Crippen LogP contribution in [0.5, 0.6) is 5.75 Å². The molecule has 7 nitrogen and oxygen atoms in total. The van der Waals surface area contributed by atoms with E-state index in [1.54, 1.807) is 23.1 Å². The molecule has 5 rings (SSSR count). The molecular weight excluding hydrogens is 368 g/mol. The van der Waals surface area contributed by atoms with Gasteiger partial charge in [-0.1, -0.05) is 18.2 Å². The molecule has 1 aliphatic heterocycles. The number of amides is 1. The molecule has 0 fully saturated rings. The predicted molar refractivity (Wildman–Crippen MR) is 108 cm³/mol. The van der Waals surface area contributed by atoms with E-state index in [4.69, 9.17) is 9.15 Å². The molecule has 4 heterocycles. The number of hydrogen-bond acceptors (Lipinski definition) is 5. The Hall–Kier alpha value is -3.61. The van der Waals surface area contributed by atoms with Crippen LogP contribution in [-0.2, 0) is 13.5 Å². The average Bonchev–Trinajstić information content (AvgIpc) is 3.45. The maximum atomic E-state index is 13.1.